The Bertz CT molecular complexity index is 102. The van der Waals surface area contributed by atoms with Crippen LogP contribution in [0, 0.1) is 11.8 Å². The van der Waals surface area contributed by atoms with Gasteiger partial charge < -0.3 is 10.6 Å². The van der Waals surface area contributed by atoms with Gasteiger partial charge in [-0.2, -0.15) is 0 Å². The van der Waals surface area contributed by atoms with Gasteiger partial charge in [0.15, 0.2) is 0 Å². The summed E-state index contributed by atoms with van der Waals surface area (Å²) in [5.74, 6) is 1.59. The average Bonchev–Trinajstić information content (AvgIpc) is 2.10. The van der Waals surface area contributed by atoms with Crippen LogP contribution >= 0.6 is 0 Å². The molecule has 0 aromatic carbocycles. The summed E-state index contributed by atoms with van der Waals surface area (Å²) >= 11 is 0. The highest BCUT2D eigenvalue weighted by molar-refractivity contribution is 4.60. The molecule has 0 radical (unpaired) electrons. The van der Waals surface area contributed by atoms with Crippen molar-refractivity contribution in [3.8, 4) is 0 Å². The minimum atomic E-state index is 0.796. The summed E-state index contributed by atoms with van der Waals surface area (Å²) in [6, 6.07) is 0. The summed E-state index contributed by atoms with van der Waals surface area (Å²) in [6.45, 7) is 10.4. The third-order valence-corrected chi connectivity index (χ3v) is 2.63. The third-order valence-electron chi connectivity index (χ3n) is 2.63. The molecule has 0 spiro atoms. The van der Waals surface area contributed by atoms with E-state index in [4.69, 9.17) is 0 Å². The van der Waals surface area contributed by atoms with E-state index in [9.17, 15) is 0 Å². The Balaban J connectivity index is 3.07. The lowest BCUT2D eigenvalue weighted by Crippen LogP contribution is -2.25. The topological polar surface area (TPSA) is 24.1 Å². The van der Waals surface area contributed by atoms with Gasteiger partial charge in [-0.1, -0.05) is 20.8 Å². The van der Waals surface area contributed by atoms with E-state index in [-0.39, 0.29) is 0 Å². The fourth-order valence-electron chi connectivity index (χ4n) is 1.12. The van der Waals surface area contributed by atoms with Crippen LogP contribution in [0.2, 0.25) is 0 Å². The zero-order chi connectivity index (χ0) is 10.1. The number of hydrogen-bond acceptors (Lipinski definition) is 2. The molecule has 80 valence electrons. The average molecular weight is 186 g/mol. The Morgan fingerprint density at radius 2 is 1.62 bits per heavy atom. The van der Waals surface area contributed by atoms with E-state index >= 15 is 0 Å². The molecule has 0 rings (SSSR count). The summed E-state index contributed by atoms with van der Waals surface area (Å²) in [6.07, 6.45) is 2.56. The molecule has 1 atom stereocenters. The van der Waals surface area contributed by atoms with E-state index in [1.165, 1.54) is 19.4 Å². The molecular weight excluding hydrogens is 160 g/mol. The number of hydrogen-bond donors (Lipinski definition) is 2. The third kappa shape index (κ3) is 8.26. The Hall–Kier alpha value is -0.0800. The largest absolute Gasteiger partial charge is 0.320 e. The van der Waals surface area contributed by atoms with Crippen molar-refractivity contribution in [1.29, 1.82) is 0 Å². The molecule has 0 bridgehead atoms. The second-order valence-corrected chi connectivity index (χ2v) is 4.24. The van der Waals surface area contributed by atoms with Crippen molar-refractivity contribution in [1.82, 2.24) is 10.6 Å². The first-order valence-corrected chi connectivity index (χ1v) is 5.53. The SMILES string of the molecule is CNCCCCNCC(C)C(C)C. The summed E-state index contributed by atoms with van der Waals surface area (Å²) < 4.78 is 0. The van der Waals surface area contributed by atoms with Crippen molar-refractivity contribution >= 4 is 0 Å². The predicted molar refractivity (Wildman–Crippen MR) is 60.0 cm³/mol. The van der Waals surface area contributed by atoms with Crippen LogP contribution in [-0.4, -0.2) is 26.7 Å². The standard InChI is InChI=1S/C11H26N2/c1-10(2)11(3)9-13-8-6-5-7-12-4/h10-13H,5-9H2,1-4H3. The van der Waals surface area contributed by atoms with Gasteiger partial charge in [0.05, 0.1) is 0 Å². The molecule has 2 N–H and O–H groups in total. The summed E-state index contributed by atoms with van der Waals surface area (Å²) in [5, 5.41) is 6.66. The van der Waals surface area contributed by atoms with Crippen molar-refractivity contribution in [2.75, 3.05) is 26.7 Å². The van der Waals surface area contributed by atoms with Crippen LogP contribution in [0.5, 0.6) is 0 Å². The van der Waals surface area contributed by atoms with Gasteiger partial charge in [-0.3, -0.25) is 0 Å². The molecule has 0 aliphatic heterocycles. The van der Waals surface area contributed by atoms with Crippen LogP contribution in [0.4, 0.5) is 0 Å². The van der Waals surface area contributed by atoms with Crippen LogP contribution in [-0.2, 0) is 0 Å². The molecule has 0 aliphatic rings. The minimum absolute atomic E-state index is 0.796. The lowest BCUT2D eigenvalue weighted by Gasteiger charge is -2.15. The Morgan fingerprint density at radius 3 is 2.15 bits per heavy atom. The molecule has 0 amide bonds. The minimum Gasteiger partial charge on any atom is -0.320 e. The second-order valence-electron chi connectivity index (χ2n) is 4.24. The molecular formula is C11H26N2. The first kappa shape index (κ1) is 12.9. The van der Waals surface area contributed by atoms with Crippen LogP contribution in [0.25, 0.3) is 0 Å². The highest BCUT2D eigenvalue weighted by Gasteiger charge is 2.04. The maximum atomic E-state index is 3.50. The first-order chi connectivity index (χ1) is 6.18. The van der Waals surface area contributed by atoms with Gasteiger partial charge in [0, 0.05) is 0 Å². The van der Waals surface area contributed by atoms with Crippen LogP contribution in [0.3, 0.4) is 0 Å². The highest BCUT2D eigenvalue weighted by Crippen LogP contribution is 2.07. The van der Waals surface area contributed by atoms with E-state index in [0.29, 0.717) is 0 Å². The van der Waals surface area contributed by atoms with Gasteiger partial charge >= 0.3 is 0 Å². The lowest BCUT2D eigenvalue weighted by molar-refractivity contribution is 0.391. The molecule has 13 heavy (non-hydrogen) atoms. The molecule has 0 saturated carbocycles. The van der Waals surface area contributed by atoms with E-state index < -0.39 is 0 Å². The Kier molecular flexibility index (Phi) is 8.46. The van der Waals surface area contributed by atoms with E-state index in [1.807, 2.05) is 7.05 Å². The number of unbranched alkanes of at least 4 members (excludes halogenated alkanes) is 1. The molecule has 2 heteroatoms. The van der Waals surface area contributed by atoms with Gasteiger partial charge in [-0.25, -0.2) is 0 Å². The molecule has 0 aromatic rings. The van der Waals surface area contributed by atoms with Crippen molar-refractivity contribution in [3.63, 3.8) is 0 Å². The van der Waals surface area contributed by atoms with Crippen molar-refractivity contribution in [2.24, 2.45) is 11.8 Å². The molecule has 0 heterocycles. The van der Waals surface area contributed by atoms with E-state index in [0.717, 1.165) is 24.9 Å². The number of nitrogens with one attached hydrogen (secondary N) is 2. The molecule has 1 unspecified atom stereocenters. The van der Waals surface area contributed by atoms with Gasteiger partial charge in [0.2, 0.25) is 0 Å². The first-order valence-electron chi connectivity index (χ1n) is 5.53. The van der Waals surface area contributed by atoms with Gasteiger partial charge in [0.25, 0.3) is 0 Å². The second kappa shape index (κ2) is 8.52. The normalized spacial score (nSPS) is 13.6. The molecule has 2 nitrogen and oxygen atoms in total. The van der Waals surface area contributed by atoms with Crippen molar-refractivity contribution in [3.05, 3.63) is 0 Å². The molecule has 0 fully saturated rings. The Morgan fingerprint density at radius 1 is 1.00 bits per heavy atom. The molecule has 0 saturated heterocycles. The molecule has 0 aliphatic carbocycles. The zero-order valence-corrected chi connectivity index (χ0v) is 9.69. The van der Waals surface area contributed by atoms with Crippen LogP contribution in [0.15, 0.2) is 0 Å². The van der Waals surface area contributed by atoms with Gasteiger partial charge in [-0.05, 0) is 51.4 Å². The van der Waals surface area contributed by atoms with Crippen LogP contribution < -0.4 is 10.6 Å². The summed E-state index contributed by atoms with van der Waals surface area (Å²) in [7, 11) is 2.01. The zero-order valence-electron chi connectivity index (χ0n) is 9.69. The summed E-state index contributed by atoms with van der Waals surface area (Å²) in [5.41, 5.74) is 0. The maximum Gasteiger partial charge on any atom is -0.00207 e. The van der Waals surface area contributed by atoms with Crippen molar-refractivity contribution < 1.29 is 0 Å². The highest BCUT2D eigenvalue weighted by atomic mass is 14.9. The predicted octanol–water partition coefficient (Wildman–Crippen LogP) is 1.87. The maximum absolute atomic E-state index is 3.50. The van der Waals surface area contributed by atoms with E-state index in [2.05, 4.69) is 31.4 Å². The number of rotatable bonds is 8. The van der Waals surface area contributed by atoms with Gasteiger partial charge in [0.1, 0.15) is 0 Å². The Labute approximate surface area is 83.5 Å². The monoisotopic (exact) mass is 186 g/mol. The van der Waals surface area contributed by atoms with Gasteiger partial charge in [-0.15, -0.1) is 0 Å². The fraction of sp³-hybridized carbons (Fsp3) is 1.00. The van der Waals surface area contributed by atoms with Crippen LogP contribution in [0.1, 0.15) is 33.6 Å². The lowest BCUT2D eigenvalue weighted by atomic mass is 9.98. The fourth-order valence-corrected chi connectivity index (χ4v) is 1.12. The smallest absolute Gasteiger partial charge is 0.00207 e. The van der Waals surface area contributed by atoms with Crippen molar-refractivity contribution in [2.45, 2.75) is 33.6 Å². The summed E-state index contributed by atoms with van der Waals surface area (Å²) in [4.78, 5) is 0. The quantitative estimate of drug-likeness (QED) is 0.566. The van der Waals surface area contributed by atoms with E-state index in [1.54, 1.807) is 0 Å². The molecule has 0 aromatic heterocycles.